The van der Waals surface area contributed by atoms with E-state index < -0.39 is 0 Å². The summed E-state index contributed by atoms with van der Waals surface area (Å²) in [6.45, 7) is 2.96. The first-order valence-electron chi connectivity index (χ1n) is 12.4. The molecule has 6 heteroatoms. The maximum atomic E-state index is 6.47. The van der Waals surface area contributed by atoms with Gasteiger partial charge in [0, 0.05) is 22.6 Å². The summed E-state index contributed by atoms with van der Waals surface area (Å²) in [5.74, 6) is 2.56. The zero-order valence-corrected chi connectivity index (χ0v) is 21.0. The highest BCUT2D eigenvalue weighted by atomic mass is 35.5. The van der Waals surface area contributed by atoms with Crippen molar-refractivity contribution in [2.45, 2.75) is 51.3 Å². The first kappa shape index (κ1) is 23.6. The number of methoxy groups -OCH3 is 1. The molecular weight excluding hydrogens is 460 g/mol. The summed E-state index contributed by atoms with van der Waals surface area (Å²) < 4.78 is 17.7. The number of nitrogens with zero attached hydrogens (tertiary/aromatic N) is 2. The molecule has 0 spiro atoms. The smallest absolute Gasteiger partial charge is 0.213 e. The van der Waals surface area contributed by atoms with Crippen LogP contribution >= 0.6 is 11.6 Å². The van der Waals surface area contributed by atoms with Gasteiger partial charge in [-0.3, -0.25) is 0 Å². The van der Waals surface area contributed by atoms with Crippen molar-refractivity contribution in [1.29, 1.82) is 0 Å². The highest BCUT2D eigenvalue weighted by Gasteiger charge is 2.41. The molecule has 0 aliphatic carbocycles. The van der Waals surface area contributed by atoms with Gasteiger partial charge in [0.15, 0.2) is 0 Å². The summed E-state index contributed by atoms with van der Waals surface area (Å²) in [4.78, 5) is 0. The van der Waals surface area contributed by atoms with Gasteiger partial charge in [0.05, 0.1) is 25.5 Å². The third-order valence-corrected chi connectivity index (χ3v) is 6.84. The van der Waals surface area contributed by atoms with Gasteiger partial charge in [-0.2, -0.15) is 5.10 Å². The van der Waals surface area contributed by atoms with Crippen LogP contribution in [0.4, 0.5) is 0 Å². The molecule has 3 aromatic carbocycles. The third-order valence-electron chi connectivity index (χ3n) is 6.61. The van der Waals surface area contributed by atoms with Crippen molar-refractivity contribution in [2.75, 3.05) is 13.7 Å². The second kappa shape index (κ2) is 10.6. The second-order valence-corrected chi connectivity index (χ2v) is 9.44. The molecule has 182 valence electrons. The molecule has 2 heterocycles. The first-order chi connectivity index (χ1) is 17.2. The molecule has 0 saturated carbocycles. The standard InChI is InChI=1S/C29H31ClN2O3/c1-3-4-5-6-17-34-24-14-9-21(10-15-24)29-32-27(25-18-22(30)11-16-28(25)35-29)19-26(31-32)20-7-12-23(33-2)13-8-20/h7-16,18,27,29H,3-6,17,19H2,1-2H3/t27-,29-/m0/s1. The normalized spacial score (nSPS) is 18.4. The summed E-state index contributed by atoms with van der Waals surface area (Å²) in [5, 5.41) is 7.80. The third kappa shape index (κ3) is 5.10. The fourth-order valence-electron chi connectivity index (χ4n) is 4.68. The van der Waals surface area contributed by atoms with Crippen LogP contribution in [0.3, 0.4) is 0 Å². The van der Waals surface area contributed by atoms with E-state index in [1.54, 1.807) is 7.11 Å². The average Bonchev–Trinajstić information content (AvgIpc) is 3.35. The fraction of sp³-hybridized carbons (Fsp3) is 0.345. The van der Waals surface area contributed by atoms with Gasteiger partial charge in [-0.15, -0.1) is 0 Å². The molecule has 0 fully saturated rings. The van der Waals surface area contributed by atoms with Crippen molar-refractivity contribution < 1.29 is 14.2 Å². The summed E-state index contributed by atoms with van der Waals surface area (Å²) in [6, 6.07) is 22.1. The molecule has 2 aliphatic heterocycles. The highest BCUT2D eigenvalue weighted by molar-refractivity contribution is 6.30. The van der Waals surface area contributed by atoms with Crippen molar-refractivity contribution in [2.24, 2.45) is 5.10 Å². The molecular formula is C29H31ClN2O3. The molecule has 0 unspecified atom stereocenters. The van der Waals surface area contributed by atoms with E-state index in [1.165, 1.54) is 19.3 Å². The molecule has 0 saturated heterocycles. The minimum Gasteiger partial charge on any atom is -0.497 e. The van der Waals surface area contributed by atoms with Gasteiger partial charge in [0.2, 0.25) is 6.23 Å². The van der Waals surface area contributed by atoms with Crippen molar-refractivity contribution in [3.63, 3.8) is 0 Å². The zero-order chi connectivity index (χ0) is 24.2. The monoisotopic (exact) mass is 490 g/mol. The number of rotatable bonds is 9. The van der Waals surface area contributed by atoms with Crippen molar-refractivity contribution in [3.8, 4) is 17.2 Å². The van der Waals surface area contributed by atoms with Gasteiger partial charge in [-0.25, -0.2) is 5.01 Å². The van der Waals surface area contributed by atoms with Crippen LogP contribution in [0.2, 0.25) is 5.02 Å². The number of fused-ring (bicyclic) bond motifs is 3. The Balaban J connectivity index is 1.39. The van der Waals surface area contributed by atoms with Gasteiger partial charge in [0.25, 0.3) is 0 Å². The number of hydrogen-bond donors (Lipinski definition) is 0. The van der Waals surface area contributed by atoms with Crippen LogP contribution in [0.1, 0.15) is 68.0 Å². The maximum absolute atomic E-state index is 6.47. The number of hydrazone groups is 1. The van der Waals surface area contributed by atoms with Crippen LogP contribution in [0.25, 0.3) is 0 Å². The van der Waals surface area contributed by atoms with E-state index in [-0.39, 0.29) is 12.3 Å². The van der Waals surface area contributed by atoms with Crippen molar-refractivity contribution >= 4 is 17.3 Å². The van der Waals surface area contributed by atoms with Crippen LogP contribution in [-0.2, 0) is 0 Å². The summed E-state index contributed by atoms with van der Waals surface area (Å²) in [7, 11) is 1.67. The lowest BCUT2D eigenvalue weighted by molar-refractivity contribution is -0.0190. The van der Waals surface area contributed by atoms with E-state index in [4.69, 9.17) is 30.9 Å². The van der Waals surface area contributed by atoms with Gasteiger partial charge in [-0.05, 0) is 78.7 Å². The Morgan fingerprint density at radius 2 is 1.74 bits per heavy atom. The molecule has 35 heavy (non-hydrogen) atoms. The zero-order valence-electron chi connectivity index (χ0n) is 20.2. The first-order valence-corrected chi connectivity index (χ1v) is 12.7. The molecule has 0 aromatic heterocycles. The average molecular weight is 491 g/mol. The van der Waals surface area contributed by atoms with Crippen LogP contribution in [0.5, 0.6) is 17.2 Å². The van der Waals surface area contributed by atoms with Crippen LogP contribution < -0.4 is 14.2 Å². The lowest BCUT2D eigenvalue weighted by Crippen LogP contribution is -2.33. The largest absolute Gasteiger partial charge is 0.497 e. The Labute approximate surface area is 212 Å². The van der Waals surface area contributed by atoms with E-state index in [0.29, 0.717) is 5.02 Å². The van der Waals surface area contributed by atoms with E-state index >= 15 is 0 Å². The summed E-state index contributed by atoms with van der Waals surface area (Å²) >= 11 is 6.35. The van der Waals surface area contributed by atoms with Gasteiger partial charge < -0.3 is 14.2 Å². The topological polar surface area (TPSA) is 43.3 Å². The Bertz CT molecular complexity index is 1180. The summed E-state index contributed by atoms with van der Waals surface area (Å²) in [6.07, 6.45) is 5.22. The Hall–Kier alpha value is -3.18. The molecule has 0 bridgehead atoms. The van der Waals surface area contributed by atoms with E-state index in [1.807, 2.05) is 42.5 Å². The van der Waals surface area contributed by atoms with E-state index in [0.717, 1.165) is 59.1 Å². The fourth-order valence-corrected chi connectivity index (χ4v) is 4.86. The van der Waals surface area contributed by atoms with Gasteiger partial charge in [-0.1, -0.05) is 37.8 Å². The Morgan fingerprint density at radius 3 is 2.49 bits per heavy atom. The molecule has 3 aromatic rings. The van der Waals surface area contributed by atoms with Crippen molar-refractivity contribution in [3.05, 3.63) is 88.4 Å². The Morgan fingerprint density at radius 1 is 0.971 bits per heavy atom. The van der Waals surface area contributed by atoms with Crippen LogP contribution in [0, 0.1) is 0 Å². The lowest BCUT2D eigenvalue weighted by atomic mass is 9.96. The van der Waals surface area contributed by atoms with Crippen molar-refractivity contribution in [1.82, 2.24) is 5.01 Å². The number of hydrogen-bond acceptors (Lipinski definition) is 5. The van der Waals surface area contributed by atoms with Gasteiger partial charge >= 0.3 is 0 Å². The predicted octanol–water partition coefficient (Wildman–Crippen LogP) is 7.55. The van der Waals surface area contributed by atoms with E-state index in [9.17, 15) is 0 Å². The molecule has 5 rings (SSSR count). The number of halogens is 1. The van der Waals surface area contributed by atoms with Crippen LogP contribution in [-0.4, -0.2) is 24.4 Å². The second-order valence-electron chi connectivity index (χ2n) is 9.01. The quantitative estimate of drug-likeness (QED) is 0.290. The number of ether oxygens (including phenoxy) is 3. The predicted molar refractivity (Wildman–Crippen MR) is 140 cm³/mol. The number of unbranched alkanes of at least 4 members (excludes halogenated alkanes) is 3. The molecule has 2 atom stereocenters. The molecule has 2 aliphatic rings. The maximum Gasteiger partial charge on any atom is 0.213 e. The molecule has 0 amide bonds. The summed E-state index contributed by atoms with van der Waals surface area (Å²) in [5.41, 5.74) is 4.20. The molecule has 0 radical (unpaired) electrons. The lowest BCUT2D eigenvalue weighted by Gasteiger charge is -2.38. The minimum atomic E-state index is -0.331. The Kier molecular flexibility index (Phi) is 7.14. The molecule has 5 nitrogen and oxygen atoms in total. The van der Waals surface area contributed by atoms with Gasteiger partial charge in [0.1, 0.15) is 17.2 Å². The number of benzene rings is 3. The minimum absolute atomic E-state index is 0.0500. The van der Waals surface area contributed by atoms with E-state index in [2.05, 4.69) is 36.2 Å². The SMILES string of the molecule is CCCCCCOc1ccc([C@@H]2Oc3ccc(Cl)cc3[C@@H]3CC(c4ccc(OC)cc4)=NN32)cc1. The highest BCUT2D eigenvalue weighted by Crippen LogP contribution is 2.48. The molecule has 0 N–H and O–H groups in total. The van der Waals surface area contributed by atoms with Crippen LogP contribution in [0.15, 0.2) is 71.8 Å².